The fourth-order valence-electron chi connectivity index (χ4n) is 3.07. The molecule has 1 aromatic heterocycles. The van der Waals surface area contributed by atoms with Gasteiger partial charge in [0.05, 0.1) is 23.1 Å². The molecule has 0 saturated heterocycles. The van der Waals surface area contributed by atoms with Crippen LogP contribution in [0.5, 0.6) is 0 Å². The number of fused-ring (bicyclic) bond motifs is 1. The van der Waals surface area contributed by atoms with E-state index in [1.165, 1.54) is 18.4 Å². The van der Waals surface area contributed by atoms with E-state index in [9.17, 15) is 22.4 Å². The number of hydrogen-bond donors (Lipinski definition) is 4. The highest BCUT2D eigenvalue weighted by atomic mass is 79.9. The molecule has 4 rings (SSSR count). The van der Waals surface area contributed by atoms with Crippen LogP contribution in [0, 0.1) is 11.2 Å². The highest BCUT2D eigenvalue weighted by Gasteiger charge is 2.32. The number of hydrogen-bond acceptors (Lipinski definition) is 4. The van der Waals surface area contributed by atoms with Crippen molar-refractivity contribution in [3.05, 3.63) is 71.7 Å². The van der Waals surface area contributed by atoms with Gasteiger partial charge in [-0.2, -0.15) is 13.2 Å². The van der Waals surface area contributed by atoms with E-state index >= 15 is 0 Å². The number of halogens is 5. The molecule has 0 radical (unpaired) electrons. The number of nitrogens with one attached hydrogen (secondary N) is 4. The lowest BCUT2D eigenvalue weighted by Gasteiger charge is -2.34. The third-order valence-corrected chi connectivity index (χ3v) is 5.22. The lowest BCUT2D eigenvalue weighted by atomic mass is 10.2. The molecule has 2 aromatic carbocycles. The van der Waals surface area contributed by atoms with Crippen LogP contribution in [0.15, 0.2) is 59.2 Å². The van der Waals surface area contributed by atoms with Gasteiger partial charge in [-0.25, -0.2) is 9.18 Å². The van der Waals surface area contributed by atoms with Crippen molar-refractivity contribution < 1.29 is 26.8 Å². The minimum Gasteiger partial charge on any atom is -0.448 e. The highest BCUT2D eigenvalue weighted by Crippen LogP contribution is 2.33. The largest absolute Gasteiger partial charge is 0.448 e. The molecule has 7 nitrogen and oxygen atoms in total. The van der Waals surface area contributed by atoms with Gasteiger partial charge in [-0.1, -0.05) is 0 Å². The van der Waals surface area contributed by atoms with Gasteiger partial charge in [-0.3, -0.25) is 10.3 Å². The second kappa shape index (κ2) is 8.19. The molecule has 3 aromatic rings. The van der Waals surface area contributed by atoms with Gasteiger partial charge in [0.2, 0.25) is 5.88 Å². The fraction of sp³-hybridized carbons (Fsp3) is 0.100. The van der Waals surface area contributed by atoms with Gasteiger partial charge in [0.1, 0.15) is 11.7 Å². The van der Waals surface area contributed by atoms with Crippen LogP contribution in [0.3, 0.4) is 0 Å². The second-order valence-electron chi connectivity index (χ2n) is 6.68. The predicted octanol–water partition coefficient (Wildman–Crippen LogP) is 6.02. The van der Waals surface area contributed by atoms with E-state index in [0.717, 1.165) is 0 Å². The number of rotatable bonds is 3. The van der Waals surface area contributed by atoms with E-state index in [-0.39, 0.29) is 5.84 Å². The van der Waals surface area contributed by atoms with E-state index in [0.29, 0.717) is 41.0 Å². The van der Waals surface area contributed by atoms with Crippen molar-refractivity contribution >= 4 is 50.7 Å². The van der Waals surface area contributed by atoms with Crippen molar-refractivity contribution in [3.8, 4) is 0 Å². The van der Waals surface area contributed by atoms with E-state index < -0.39 is 34.4 Å². The van der Waals surface area contributed by atoms with Gasteiger partial charge in [-0.15, -0.1) is 0 Å². The molecule has 0 saturated carbocycles. The summed E-state index contributed by atoms with van der Waals surface area (Å²) in [6, 6.07) is 8.84. The first-order chi connectivity index (χ1) is 15.1. The van der Waals surface area contributed by atoms with Gasteiger partial charge in [0.15, 0.2) is 5.08 Å². The fourth-order valence-corrected chi connectivity index (χ4v) is 3.72. The first-order valence-corrected chi connectivity index (χ1v) is 9.96. The minimum absolute atomic E-state index is 0.188. The molecule has 2 heterocycles. The molecule has 12 heteroatoms. The zero-order valence-corrected chi connectivity index (χ0v) is 17.5. The molecule has 4 N–H and O–H groups in total. The molecule has 166 valence electrons. The maximum atomic E-state index is 13.8. The van der Waals surface area contributed by atoms with Gasteiger partial charge in [-0.05, 0) is 64.5 Å². The summed E-state index contributed by atoms with van der Waals surface area (Å²) in [5.74, 6) is -0.348. The summed E-state index contributed by atoms with van der Waals surface area (Å²) < 4.78 is 57.5. The summed E-state index contributed by atoms with van der Waals surface area (Å²) in [5.41, 5.74) is -0.178. The third-order valence-electron chi connectivity index (χ3n) is 4.58. The molecule has 1 atom stereocenters. The molecule has 1 aliphatic heterocycles. The van der Waals surface area contributed by atoms with Crippen LogP contribution in [0.2, 0.25) is 0 Å². The lowest BCUT2D eigenvalue weighted by molar-refractivity contribution is -0.137. The van der Waals surface area contributed by atoms with Crippen molar-refractivity contribution in [3.63, 3.8) is 0 Å². The van der Waals surface area contributed by atoms with E-state index in [1.807, 2.05) is 0 Å². The Morgan fingerprint density at radius 2 is 1.84 bits per heavy atom. The van der Waals surface area contributed by atoms with Crippen LogP contribution in [0.1, 0.15) is 11.1 Å². The summed E-state index contributed by atoms with van der Waals surface area (Å²) in [6.07, 6.45) is -3.20. The number of anilines is 4. The third kappa shape index (κ3) is 4.26. The smallest absolute Gasteiger partial charge is 0.416 e. The number of carbonyl (C=O) groups excluding carboxylic acids is 1. The number of amides is 2. The zero-order chi connectivity index (χ0) is 23.0. The molecule has 1 aliphatic rings. The molecule has 0 spiro atoms. The Labute approximate surface area is 187 Å². The second-order valence-corrected chi connectivity index (χ2v) is 7.55. The van der Waals surface area contributed by atoms with Crippen LogP contribution in [-0.2, 0) is 6.18 Å². The average Bonchev–Trinajstić information content (AvgIpc) is 3.18. The molecule has 1 unspecified atom stereocenters. The Morgan fingerprint density at radius 3 is 2.53 bits per heavy atom. The van der Waals surface area contributed by atoms with Crippen molar-refractivity contribution in [2.75, 3.05) is 20.9 Å². The minimum atomic E-state index is -4.67. The molecule has 0 fully saturated rings. The molecular formula is C20H14BrF4N5O2. The van der Waals surface area contributed by atoms with Crippen LogP contribution >= 0.6 is 15.9 Å². The maximum Gasteiger partial charge on any atom is 0.416 e. The number of furan rings is 1. The number of urea groups is 1. The van der Waals surface area contributed by atoms with Crippen LogP contribution in [0.4, 0.5) is 45.3 Å². The summed E-state index contributed by atoms with van der Waals surface area (Å²) in [6.45, 7) is 0. The summed E-state index contributed by atoms with van der Waals surface area (Å²) >= 11 is 3.43. The van der Waals surface area contributed by atoms with Crippen LogP contribution < -0.4 is 20.9 Å². The topological polar surface area (TPSA) is 93.4 Å². The monoisotopic (exact) mass is 511 g/mol. The van der Waals surface area contributed by atoms with Crippen molar-refractivity contribution in [2.24, 2.45) is 0 Å². The number of alkyl halides is 4. The average molecular weight is 512 g/mol. The van der Waals surface area contributed by atoms with Crippen molar-refractivity contribution in [1.82, 2.24) is 0 Å². The van der Waals surface area contributed by atoms with Crippen molar-refractivity contribution in [2.45, 2.75) is 11.3 Å². The normalized spacial score (nSPS) is 15.7. The Morgan fingerprint density at radius 1 is 1.12 bits per heavy atom. The Balaban J connectivity index is 1.46. The maximum absolute atomic E-state index is 13.8. The molecule has 0 bridgehead atoms. The first-order valence-electron chi connectivity index (χ1n) is 9.04. The number of amidine groups is 1. The zero-order valence-electron chi connectivity index (χ0n) is 15.9. The molecule has 2 amide bonds. The standard InChI is InChI=1S/C20H14BrF4N5O2/c21-18-29-17-13(7-8-32-17)16(26)30(18)12-4-2-11(3-5-12)27-19(31)28-15-9-10(20(23,24)25)1-6-14(15)22/h1-9,18,26,29H,(H2,27,28,31). The Hall–Kier alpha value is -3.54. The SMILES string of the molecule is N=C1c2ccoc2NC(Br)N1c1ccc(NC(=O)Nc2cc(C(F)(F)F)ccc2F)cc1. The Kier molecular flexibility index (Phi) is 5.55. The molecule has 32 heavy (non-hydrogen) atoms. The lowest BCUT2D eigenvalue weighted by Crippen LogP contribution is -2.45. The molecule has 0 aliphatic carbocycles. The number of benzene rings is 2. The van der Waals surface area contributed by atoms with Crippen LogP contribution in [0.25, 0.3) is 0 Å². The molecular weight excluding hydrogens is 498 g/mol. The predicted molar refractivity (Wildman–Crippen MR) is 115 cm³/mol. The number of carbonyl (C=O) groups is 1. The van der Waals surface area contributed by atoms with Crippen LogP contribution in [-0.4, -0.2) is 16.9 Å². The van der Waals surface area contributed by atoms with Gasteiger partial charge in [0, 0.05) is 11.4 Å². The van der Waals surface area contributed by atoms with E-state index in [2.05, 4.69) is 31.9 Å². The summed E-state index contributed by atoms with van der Waals surface area (Å²) in [7, 11) is 0. The van der Waals surface area contributed by atoms with Crippen molar-refractivity contribution in [1.29, 1.82) is 5.41 Å². The Bertz CT molecular complexity index is 1180. The highest BCUT2D eigenvalue weighted by molar-refractivity contribution is 9.09. The van der Waals surface area contributed by atoms with Gasteiger partial charge < -0.3 is 20.4 Å². The van der Waals surface area contributed by atoms with Gasteiger partial charge in [0.25, 0.3) is 0 Å². The summed E-state index contributed by atoms with van der Waals surface area (Å²) in [4.78, 5) is 13.8. The number of nitrogens with zero attached hydrogens (tertiary/aromatic N) is 1. The quantitative estimate of drug-likeness (QED) is 0.196. The van der Waals surface area contributed by atoms with Gasteiger partial charge >= 0.3 is 12.2 Å². The summed E-state index contributed by atoms with van der Waals surface area (Å²) in [5, 5.41) is 15.5. The van der Waals surface area contributed by atoms with E-state index in [4.69, 9.17) is 9.83 Å². The van der Waals surface area contributed by atoms with E-state index in [1.54, 1.807) is 23.1 Å². The first kappa shape index (κ1) is 21.7.